The molecule has 0 heterocycles. The summed E-state index contributed by atoms with van der Waals surface area (Å²) in [5.74, 6) is 7.60. The van der Waals surface area contributed by atoms with E-state index in [9.17, 15) is 0 Å². The summed E-state index contributed by atoms with van der Waals surface area (Å²) in [7, 11) is 1.69. The summed E-state index contributed by atoms with van der Waals surface area (Å²) in [6, 6.07) is 5.95. The van der Waals surface area contributed by atoms with Gasteiger partial charge in [0.05, 0.1) is 6.61 Å². The average Bonchev–Trinajstić information content (AvgIpc) is 2.37. The van der Waals surface area contributed by atoms with Gasteiger partial charge in [0, 0.05) is 38.0 Å². The molecule has 0 fully saturated rings. The van der Waals surface area contributed by atoms with Gasteiger partial charge in [-0.05, 0) is 30.7 Å². The number of hydrogen-bond acceptors (Lipinski definition) is 2. The first-order valence-electron chi connectivity index (χ1n) is 6.05. The minimum Gasteiger partial charge on any atom is -0.493 e. The number of benzene rings is 1. The number of ether oxygens (including phenoxy) is 2. The Morgan fingerprint density at radius 3 is 2.78 bits per heavy atom. The lowest BCUT2D eigenvalue weighted by Gasteiger charge is -2.07. The molecule has 3 heteroatoms. The second-order valence-electron chi connectivity index (χ2n) is 3.91. The zero-order chi connectivity index (χ0) is 13.2. The molecule has 0 atom stereocenters. The Hall–Kier alpha value is -1.17. The molecule has 0 aromatic heterocycles. The summed E-state index contributed by atoms with van der Waals surface area (Å²) < 4.78 is 10.6. The highest BCUT2D eigenvalue weighted by Gasteiger charge is 1.98. The molecule has 1 rings (SSSR count). The topological polar surface area (TPSA) is 18.5 Å². The Kier molecular flexibility index (Phi) is 7.32. The van der Waals surface area contributed by atoms with Gasteiger partial charge in [0.2, 0.25) is 0 Å². The Morgan fingerprint density at radius 2 is 2.11 bits per heavy atom. The summed E-state index contributed by atoms with van der Waals surface area (Å²) in [5.41, 5.74) is 2.16. The molecule has 1 aromatic carbocycles. The number of halogens is 1. The minimum atomic E-state index is 0.576. The van der Waals surface area contributed by atoms with Crippen LogP contribution in [0.2, 0.25) is 0 Å². The minimum absolute atomic E-state index is 0.576. The second-order valence-corrected chi connectivity index (χ2v) is 4.29. The van der Waals surface area contributed by atoms with Gasteiger partial charge in [-0.1, -0.05) is 11.8 Å². The number of hydrogen-bond donors (Lipinski definition) is 0. The molecule has 1 aromatic rings. The van der Waals surface area contributed by atoms with Crippen molar-refractivity contribution in [3.8, 4) is 17.6 Å². The van der Waals surface area contributed by atoms with E-state index >= 15 is 0 Å². The van der Waals surface area contributed by atoms with Crippen molar-refractivity contribution in [1.82, 2.24) is 0 Å². The number of rotatable bonds is 6. The molecule has 0 spiro atoms. The molecule has 0 saturated heterocycles. The predicted octanol–water partition coefficient (Wildman–Crippen LogP) is 3.39. The van der Waals surface area contributed by atoms with Crippen molar-refractivity contribution in [3.63, 3.8) is 0 Å². The molecule has 0 unspecified atom stereocenters. The van der Waals surface area contributed by atoms with E-state index in [1.807, 2.05) is 25.1 Å². The average molecular weight is 267 g/mol. The van der Waals surface area contributed by atoms with Gasteiger partial charge >= 0.3 is 0 Å². The van der Waals surface area contributed by atoms with Crippen molar-refractivity contribution in [2.24, 2.45) is 0 Å². The summed E-state index contributed by atoms with van der Waals surface area (Å²) >= 11 is 5.58. The monoisotopic (exact) mass is 266 g/mol. The van der Waals surface area contributed by atoms with E-state index in [2.05, 4.69) is 11.8 Å². The van der Waals surface area contributed by atoms with Gasteiger partial charge in [0.1, 0.15) is 5.75 Å². The third kappa shape index (κ3) is 5.44. The van der Waals surface area contributed by atoms with Crippen LogP contribution in [-0.2, 0) is 4.74 Å². The lowest BCUT2D eigenvalue weighted by Crippen LogP contribution is -2.01. The van der Waals surface area contributed by atoms with E-state index in [4.69, 9.17) is 21.1 Å². The first-order valence-corrected chi connectivity index (χ1v) is 6.58. The van der Waals surface area contributed by atoms with Gasteiger partial charge in [-0.15, -0.1) is 11.6 Å². The molecular formula is C15H19ClO2. The molecular weight excluding hydrogens is 248 g/mol. The van der Waals surface area contributed by atoms with Crippen LogP contribution in [0.15, 0.2) is 18.2 Å². The zero-order valence-electron chi connectivity index (χ0n) is 11.0. The normalized spacial score (nSPS) is 9.72. The van der Waals surface area contributed by atoms with Crippen LogP contribution in [0, 0.1) is 18.8 Å². The largest absolute Gasteiger partial charge is 0.493 e. The Labute approximate surface area is 114 Å². The summed E-state index contributed by atoms with van der Waals surface area (Å²) in [6.45, 7) is 3.43. The van der Waals surface area contributed by atoms with E-state index in [0.717, 1.165) is 36.3 Å². The molecule has 0 aliphatic heterocycles. The maximum absolute atomic E-state index is 5.62. The number of aryl methyl sites for hydroxylation is 1. The molecule has 0 bridgehead atoms. The van der Waals surface area contributed by atoms with Gasteiger partial charge < -0.3 is 9.47 Å². The van der Waals surface area contributed by atoms with Crippen molar-refractivity contribution in [1.29, 1.82) is 0 Å². The molecule has 0 N–H and O–H groups in total. The van der Waals surface area contributed by atoms with E-state index in [1.165, 1.54) is 0 Å². The van der Waals surface area contributed by atoms with Gasteiger partial charge in [-0.25, -0.2) is 0 Å². The first-order chi connectivity index (χ1) is 8.77. The van der Waals surface area contributed by atoms with Gasteiger partial charge in [0.25, 0.3) is 0 Å². The lowest BCUT2D eigenvalue weighted by molar-refractivity contribution is 0.172. The van der Waals surface area contributed by atoms with Gasteiger partial charge in [-0.2, -0.15) is 0 Å². The molecule has 98 valence electrons. The highest BCUT2D eigenvalue weighted by Crippen LogP contribution is 2.16. The van der Waals surface area contributed by atoms with Crippen molar-refractivity contribution < 1.29 is 9.47 Å². The quantitative estimate of drug-likeness (QED) is 0.446. The van der Waals surface area contributed by atoms with Crippen LogP contribution in [0.5, 0.6) is 5.75 Å². The molecule has 0 saturated carbocycles. The van der Waals surface area contributed by atoms with E-state index in [1.54, 1.807) is 7.11 Å². The molecule has 0 amide bonds. The highest BCUT2D eigenvalue weighted by atomic mass is 35.5. The predicted molar refractivity (Wildman–Crippen MR) is 75.4 cm³/mol. The Bertz CT molecular complexity index is 418. The van der Waals surface area contributed by atoms with E-state index in [0.29, 0.717) is 12.5 Å². The number of alkyl halides is 1. The molecule has 2 nitrogen and oxygen atoms in total. The Balaban J connectivity index is 2.54. The Morgan fingerprint density at radius 1 is 1.28 bits per heavy atom. The van der Waals surface area contributed by atoms with Crippen LogP contribution in [0.25, 0.3) is 0 Å². The fraction of sp³-hybridized carbons (Fsp3) is 0.467. The standard InChI is InChI=1S/C15H19ClO2/c1-13-12-15(18-11-5-10-17-2)8-7-14(13)6-3-4-9-16/h7-8,12H,4-5,9-11H2,1-2H3. The zero-order valence-corrected chi connectivity index (χ0v) is 11.7. The van der Waals surface area contributed by atoms with Crippen molar-refractivity contribution >= 4 is 11.6 Å². The van der Waals surface area contributed by atoms with Crippen LogP contribution in [-0.4, -0.2) is 26.2 Å². The molecule has 0 aliphatic rings. The van der Waals surface area contributed by atoms with Crippen LogP contribution >= 0.6 is 11.6 Å². The maximum Gasteiger partial charge on any atom is 0.119 e. The fourth-order valence-electron chi connectivity index (χ4n) is 1.46. The van der Waals surface area contributed by atoms with Crippen LogP contribution in [0.1, 0.15) is 24.0 Å². The maximum atomic E-state index is 5.62. The summed E-state index contributed by atoms with van der Waals surface area (Å²) in [4.78, 5) is 0. The van der Waals surface area contributed by atoms with Gasteiger partial charge in [-0.3, -0.25) is 0 Å². The molecule has 0 aliphatic carbocycles. The van der Waals surface area contributed by atoms with Crippen LogP contribution < -0.4 is 4.74 Å². The van der Waals surface area contributed by atoms with Crippen molar-refractivity contribution in [2.45, 2.75) is 19.8 Å². The fourth-order valence-corrected chi connectivity index (χ4v) is 1.56. The van der Waals surface area contributed by atoms with Crippen molar-refractivity contribution in [3.05, 3.63) is 29.3 Å². The summed E-state index contributed by atoms with van der Waals surface area (Å²) in [5, 5.41) is 0. The third-order valence-corrected chi connectivity index (χ3v) is 2.59. The molecule has 0 radical (unpaired) electrons. The summed E-state index contributed by atoms with van der Waals surface area (Å²) in [6.07, 6.45) is 1.61. The van der Waals surface area contributed by atoms with Crippen molar-refractivity contribution in [2.75, 3.05) is 26.2 Å². The van der Waals surface area contributed by atoms with Gasteiger partial charge in [0.15, 0.2) is 0 Å². The van der Waals surface area contributed by atoms with Crippen LogP contribution in [0.4, 0.5) is 0 Å². The third-order valence-electron chi connectivity index (χ3n) is 2.40. The van der Waals surface area contributed by atoms with Crippen LogP contribution in [0.3, 0.4) is 0 Å². The molecule has 18 heavy (non-hydrogen) atoms. The first kappa shape index (κ1) is 14.9. The van der Waals surface area contributed by atoms with E-state index in [-0.39, 0.29) is 0 Å². The SMILES string of the molecule is COCCCOc1ccc(C#CCCCl)c(C)c1. The smallest absolute Gasteiger partial charge is 0.119 e. The van der Waals surface area contributed by atoms with E-state index < -0.39 is 0 Å². The highest BCUT2D eigenvalue weighted by molar-refractivity contribution is 6.18. The number of methoxy groups -OCH3 is 1. The lowest BCUT2D eigenvalue weighted by atomic mass is 10.1. The second kappa shape index (κ2) is 8.85.